The van der Waals surface area contributed by atoms with Gasteiger partial charge in [0, 0.05) is 25.7 Å². The number of benzene rings is 2. The van der Waals surface area contributed by atoms with Crippen molar-refractivity contribution in [3.8, 4) is 11.5 Å². The summed E-state index contributed by atoms with van der Waals surface area (Å²) in [4.78, 5) is 25.7. The molecule has 2 rings (SSSR count). The smallest absolute Gasteiger partial charge is 0.251 e. The van der Waals surface area contributed by atoms with Crippen LogP contribution in [0.5, 0.6) is 11.5 Å². The molecule has 0 fully saturated rings. The largest absolute Gasteiger partial charge is 0.493 e. The van der Waals surface area contributed by atoms with Gasteiger partial charge in [-0.3, -0.25) is 14.5 Å². The van der Waals surface area contributed by atoms with E-state index in [4.69, 9.17) is 9.47 Å². The second kappa shape index (κ2) is 10.3. The minimum absolute atomic E-state index is 0.0701. The van der Waals surface area contributed by atoms with E-state index in [-0.39, 0.29) is 18.4 Å². The van der Waals surface area contributed by atoms with E-state index in [1.807, 2.05) is 42.3 Å². The quantitative estimate of drug-likeness (QED) is 0.688. The molecule has 0 aliphatic heterocycles. The van der Waals surface area contributed by atoms with Crippen LogP contribution in [0.1, 0.15) is 21.5 Å². The molecule has 0 spiro atoms. The number of nitrogens with one attached hydrogen (secondary N) is 2. The van der Waals surface area contributed by atoms with Crippen molar-refractivity contribution in [2.45, 2.75) is 13.1 Å². The van der Waals surface area contributed by atoms with E-state index in [1.54, 1.807) is 33.4 Å². The number of methoxy groups -OCH3 is 2. The lowest BCUT2D eigenvalue weighted by Gasteiger charge is -2.17. The zero-order chi connectivity index (χ0) is 20.5. The van der Waals surface area contributed by atoms with Gasteiger partial charge in [0.15, 0.2) is 11.5 Å². The Morgan fingerprint density at radius 1 is 0.964 bits per heavy atom. The topological polar surface area (TPSA) is 79.9 Å². The first-order valence-corrected chi connectivity index (χ1v) is 8.94. The first-order chi connectivity index (χ1) is 13.5. The maximum absolute atomic E-state index is 12.2. The molecule has 2 aromatic carbocycles. The predicted molar refractivity (Wildman–Crippen MR) is 108 cm³/mol. The van der Waals surface area contributed by atoms with E-state index < -0.39 is 0 Å². The van der Waals surface area contributed by atoms with Crippen LogP contribution in [0.3, 0.4) is 0 Å². The normalized spacial score (nSPS) is 10.5. The van der Waals surface area contributed by atoms with Gasteiger partial charge in [-0.1, -0.05) is 18.2 Å². The molecule has 0 aromatic heterocycles. The van der Waals surface area contributed by atoms with Crippen molar-refractivity contribution < 1.29 is 19.1 Å². The highest BCUT2D eigenvalue weighted by Crippen LogP contribution is 2.27. The summed E-state index contributed by atoms with van der Waals surface area (Å²) in [6, 6.07) is 12.9. The second-order valence-electron chi connectivity index (χ2n) is 6.41. The highest BCUT2D eigenvalue weighted by Gasteiger charge is 2.10. The summed E-state index contributed by atoms with van der Waals surface area (Å²) >= 11 is 0. The van der Waals surface area contributed by atoms with Crippen LogP contribution in [0.4, 0.5) is 0 Å². The number of carbonyl (C=O) groups is 2. The van der Waals surface area contributed by atoms with Gasteiger partial charge >= 0.3 is 0 Å². The third-order valence-electron chi connectivity index (χ3n) is 4.25. The van der Waals surface area contributed by atoms with Crippen LogP contribution in [0.25, 0.3) is 0 Å². The minimum atomic E-state index is -0.116. The van der Waals surface area contributed by atoms with Gasteiger partial charge in [-0.15, -0.1) is 0 Å². The van der Waals surface area contributed by atoms with Gasteiger partial charge < -0.3 is 20.1 Å². The zero-order valence-corrected chi connectivity index (χ0v) is 16.7. The number of likely N-dealkylation sites (N-methyl/N-ethyl adjacent to an activating group) is 1. The van der Waals surface area contributed by atoms with Crippen LogP contribution in [-0.2, 0) is 17.9 Å². The molecule has 7 heteroatoms. The molecular formula is C21H27N3O4. The van der Waals surface area contributed by atoms with Gasteiger partial charge in [0.1, 0.15) is 0 Å². The molecule has 7 nitrogen and oxygen atoms in total. The minimum Gasteiger partial charge on any atom is -0.493 e. The average molecular weight is 385 g/mol. The van der Waals surface area contributed by atoms with Crippen molar-refractivity contribution in [2.24, 2.45) is 0 Å². The molecule has 0 heterocycles. The lowest BCUT2D eigenvalue weighted by molar-refractivity contribution is -0.122. The van der Waals surface area contributed by atoms with Crippen molar-refractivity contribution in [3.05, 3.63) is 59.2 Å². The summed E-state index contributed by atoms with van der Waals surface area (Å²) in [7, 11) is 6.64. The zero-order valence-electron chi connectivity index (χ0n) is 16.7. The molecule has 0 unspecified atom stereocenters. The van der Waals surface area contributed by atoms with Crippen molar-refractivity contribution >= 4 is 11.8 Å². The Morgan fingerprint density at radius 2 is 1.61 bits per heavy atom. The maximum atomic E-state index is 12.2. The fourth-order valence-electron chi connectivity index (χ4n) is 2.77. The van der Waals surface area contributed by atoms with Gasteiger partial charge in [-0.25, -0.2) is 0 Å². The molecule has 0 bridgehead atoms. The molecule has 150 valence electrons. The number of rotatable bonds is 9. The Morgan fingerprint density at radius 3 is 2.21 bits per heavy atom. The van der Waals surface area contributed by atoms with Gasteiger partial charge in [0.25, 0.3) is 5.91 Å². The van der Waals surface area contributed by atoms with Gasteiger partial charge in [0.05, 0.1) is 20.8 Å². The van der Waals surface area contributed by atoms with Gasteiger partial charge in [0.2, 0.25) is 5.91 Å². The lowest BCUT2D eigenvalue weighted by Crippen LogP contribution is -2.34. The van der Waals surface area contributed by atoms with E-state index in [2.05, 4.69) is 10.6 Å². The standard InChI is InChI=1S/C21H27N3O4/c1-22-21(26)17-8-5-15(6-9-17)13-24(2)14-20(25)23-12-16-7-10-18(27-3)19(11-16)28-4/h5-11H,12-14H2,1-4H3,(H,22,26)(H,23,25). The van der Waals surface area contributed by atoms with Crippen molar-refractivity contribution in [1.29, 1.82) is 0 Å². The fraction of sp³-hybridized carbons (Fsp3) is 0.333. The molecule has 0 radical (unpaired) electrons. The van der Waals surface area contributed by atoms with Gasteiger partial charge in [-0.2, -0.15) is 0 Å². The highest BCUT2D eigenvalue weighted by molar-refractivity contribution is 5.93. The van der Waals surface area contributed by atoms with E-state index in [0.29, 0.717) is 30.2 Å². The van der Waals surface area contributed by atoms with Crippen molar-refractivity contribution in [3.63, 3.8) is 0 Å². The molecule has 0 atom stereocenters. The van der Waals surface area contributed by atoms with Crippen LogP contribution in [0, 0.1) is 0 Å². The van der Waals surface area contributed by atoms with Gasteiger partial charge in [-0.05, 0) is 42.4 Å². The predicted octanol–water partition coefficient (Wildman–Crippen LogP) is 1.81. The van der Waals surface area contributed by atoms with Crippen LogP contribution in [0.15, 0.2) is 42.5 Å². The Kier molecular flexibility index (Phi) is 7.83. The number of amides is 2. The van der Waals surface area contributed by atoms with E-state index in [0.717, 1.165) is 11.1 Å². The summed E-state index contributed by atoms with van der Waals surface area (Å²) in [5.74, 6) is 1.10. The molecule has 0 saturated carbocycles. The SMILES string of the molecule is CNC(=O)c1ccc(CN(C)CC(=O)NCc2ccc(OC)c(OC)c2)cc1. The van der Waals surface area contributed by atoms with Crippen LogP contribution >= 0.6 is 0 Å². The van der Waals surface area contributed by atoms with Crippen LogP contribution < -0.4 is 20.1 Å². The number of carbonyl (C=O) groups excluding carboxylic acids is 2. The maximum Gasteiger partial charge on any atom is 0.251 e. The molecular weight excluding hydrogens is 358 g/mol. The molecule has 2 N–H and O–H groups in total. The summed E-state index contributed by atoms with van der Waals surface area (Å²) in [5, 5.41) is 5.50. The van der Waals surface area contributed by atoms with E-state index in [1.165, 1.54) is 0 Å². The summed E-state index contributed by atoms with van der Waals surface area (Å²) in [6.45, 7) is 1.29. The highest BCUT2D eigenvalue weighted by atomic mass is 16.5. The molecule has 0 saturated heterocycles. The van der Waals surface area contributed by atoms with Crippen LogP contribution in [-0.4, -0.2) is 51.6 Å². The Bertz CT molecular complexity index is 806. The molecule has 0 aliphatic rings. The lowest BCUT2D eigenvalue weighted by atomic mass is 10.1. The third-order valence-corrected chi connectivity index (χ3v) is 4.25. The van der Waals surface area contributed by atoms with Crippen molar-refractivity contribution in [1.82, 2.24) is 15.5 Å². The summed E-state index contributed by atoms with van der Waals surface area (Å²) < 4.78 is 10.5. The second-order valence-corrected chi connectivity index (χ2v) is 6.41. The molecule has 28 heavy (non-hydrogen) atoms. The molecule has 0 aliphatic carbocycles. The number of ether oxygens (including phenoxy) is 2. The summed E-state index contributed by atoms with van der Waals surface area (Å²) in [5.41, 5.74) is 2.57. The van der Waals surface area contributed by atoms with Crippen LogP contribution in [0.2, 0.25) is 0 Å². The first-order valence-electron chi connectivity index (χ1n) is 8.94. The number of hydrogen-bond donors (Lipinski definition) is 2. The van der Waals surface area contributed by atoms with Crippen molar-refractivity contribution in [2.75, 3.05) is 34.9 Å². The average Bonchev–Trinajstić information content (AvgIpc) is 2.71. The Labute approximate surface area is 165 Å². The van der Waals surface area contributed by atoms with E-state index in [9.17, 15) is 9.59 Å². The molecule has 2 aromatic rings. The number of hydrogen-bond acceptors (Lipinski definition) is 5. The molecule has 2 amide bonds. The monoisotopic (exact) mass is 385 g/mol. The third kappa shape index (κ3) is 5.99. The summed E-state index contributed by atoms with van der Waals surface area (Å²) in [6.07, 6.45) is 0. The Balaban J connectivity index is 1.83. The fourth-order valence-corrected chi connectivity index (χ4v) is 2.77. The first kappa shape index (κ1) is 21.2. The Hall–Kier alpha value is -3.06. The number of nitrogens with zero attached hydrogens (tertiary/aromatic N) is 1. The van der Waals surface area contributed by atoms with E-state index >= 15 is 0 Å².